The summed E-state index contributed by atoms with van der Waals surface area (Å²) >= 11 is 0. The van der Waals surface area contributed by atoms with Crippen LogP contribution in [0, 0.1) is 5.82 Å². The van der Waals surface area contributed by atoms with Crippen molar-refractivity contribution in [2.75, 3.05) is 6.61 Å². The van der Waals surface area contributed by atoms with Crippen LogP contribution >= 0.6 is 0 Å². The van der Waals surface area contributed by atoms with E-state index in [1.54, 1.807) is 25.1 Å². The van der Waals surface area contributed by atoms with Crippen LogP contribution in [0.5, 0.6) is 0 Å². The normalized spacial score (nSPS) is 10.4. The predicted octanol–water partition coefficient (Wildman–Crippen LogP) is 0.935. The van der Waals surface area contributed by atoms with Crippen LogP contribution in [0.2, 0.25) is 0 Å². The quantitative estimate of drug-likeness (QED) is 0.834. The van der Waals surface area contributed by atoms with E-state index < -0.39 is 17.5 Å². The summed E-state index contributed by atoms with van der Waals surface area (Å²) in [6.07, 6.45) is 0. The number of rotatable bonds is 4. The van der Waals surface area contributed by atoms with Gasteiger partial charge in [0.1, 0.15) is 5.82 Å². The van der Waals surface area contributed by atoms with Crippen LogP contribution in [0.25, 0.3) is 0 Å². The molecule has 7 heteroatoms. The van der Waals surface area contributed by atoms with Gasteiger partial charge < -0.3 is 4.74 Å². The van der Waals surface area contributed by atoms with Crippen molar-refractivity contribution >= 4 is 5.97 Å². The maximum Gasteiger partial charge on any atom is 0.376 e. The fourth-order valence-electron chi connectivity index (χ4n) is 1.54. The lowest BCUT2D eigenvalue weighted by Crippen LogP contribution is -2.19. The van der Waals surface area contributed by atoms with Crippen molar-refractivity contribution < 1.29 is 13.9 Å². The first-order valence-corrected chi connectivity index (χ1v) is 5.69. The topological polar surface area (TPSA) is 77.0 Å². The van der Waals surface area contributed by atoms with Crippen molar-refractivity contribution in [3.8, 4) is 0 Å². The molecule has 0 aliphatic carbocycles. The first kappa shape index (κ1) is 13.0. The fraction of sp³-hybridized carbons (Fsp3) is 0.250. The third-order valence-corrected chi connectivity index (χ3v) is 2.43. The van der Waals surface area contributed by atoms with Crippen LogP contribution in [0.3, 0.4) is 0 Å². The van der Waals surface area contributed by atoms with Gasteiger partial charge in [-0.25, -0.2) is 18.7 Å². The number of carbonyl (C=O) groups excluding carboxylic acids is 1. The van der Waals surface area contributed by atoms with Gasteiger partial charge in [-0.15, -0.1) is 5.10 Å². The Morgan fingerprint density at radius 1 is 1.47 bits per heavy atom. The molecule has 0 spiro atoms. The molecule has 0 unspecified atom stereocenters. The van der Waals surface area contributed by atoms with E-state index in [0.29, 0.717) is 5.56 Å². The molecule has 0 aliphatic heterocycles. The third kappa shape index (κ3) is 2.87. The molecule has 1 heterocycles. The maximum absolute atomic E-state index is 13.4. The highest BCUT2D eigenvalue weighted by atomic mass is 19.1. The maximum atomic E-state index is 13.4. The van der Waals surface area contributed by atoms with E-state index in [2.05, 4.69) is 10.1 Å². The molecule has 19 heavy (non-hydrogen) atoms. The van der Waals surface area contributed by atoms with Gasteiger partial charge in [-0.05, 0) is 13.0 Å². The molecule has 0 bridgehead atoms. The van der Waals surface area contributed by atoms with E-state index in [0.717, 1.165) is 4.68 Å². The number of hydrogen-bond donors (Lipinski definition) is 1. The van der Waals surface area contributed by atoms with Gasteiger partial charge in [0, 0.05) is 5.56 Å². The second-order valence-corrected chi connectivity index (χ2v) is 3.75. The average molecular weight is 265 g/mol. The van der Waals surface area contributed by atoms with Gasteiger partial charge in [0.25, 0.3) is 0 Å². The minimum Gasteiger partial charge on any atom is -0.460 e. The highest BCUT2D eigenvalue weighted by Crippen LogP contribution is 2.06. The fourth-order valence-corrected chi connectivity index (χ4v) is 1.54. The molecule has 1 aromatic carbocycles. The lowest BCUT2D eigenvalue weighted by atomic mass is 10.2. The SMILES string of the molecule is CCOC(=O)c1nn(Cc2ccccc2F)c(=O)[nH]1. The number of nitrogens with one attached hydrogen (secondary N) is 1. The molecular weight excluding hydrogens is 253 g/mol. The van der Waals surface area contributed by atoms with Crippen LogP contribution in [0.1, 0.15) is 23.1 Å². The van der Waals surface area contributed by atoms with E-state index in [4.69, 9.17) is 4.74 Å². The number of hydrogen-bond acceptors (Lipinski definition) is 4. The van der Waals surface area contributed by atoms with Gasteiger partial charge >= 0.3 is 11.7 Å². The van der Waals surface area contributed by atoms with Gasteiger partial charge in [0.15, 0.2) is 0 Å². The molecule has 100 valence electrons. The van der Waals surface area contributed by atoms with Gasteiger partial charge in [-0.2, -0.15) is 0 Å². The molecule has 0 atom stereocenters. The lowest BCUT2D eigenvalue weighted by Gasteiger charge is -2.01. The van der Waals surface area contributed by atoms with Crippen LogP contribution in [0.4, 0.5) is 4.39 Å². The summed E-state index contributed by atoms with van der Waals surface area (Å²) < 4.78 is 19.1. The Kier molecular flexibility index (Phi) is 3.74. The molecule has 0 saturated carbocycles. The van der Waals surface area contributed by atoms with Crippen LogP contribution in [-0.2, 0) is 11.3 Å². The number of benzene rings is 1. The molecule has 1 N–H and O–H groups in total. The zero-order valence-electron chi connectivity index (χ0n) is 10.2. The Balaban J connectivity index is 2.25. The number of aromatic amines is 1. The number of esters is 1. The molecule has 0 amide bonds. The van der Waals surface area contributed by atoms with Crippen molar-refractivity contribution in [3.63, 3.8) is 0 Å². The number of carbonyl (C=O) groups is 1. The second-order valence-electron chi connectivity index (χ2n) is 3.75. The standard InChI is InChI=1S/C12H12FN3O3/c1-2-19-11(17)10-14-12(18)16(15-10)7-8-5-3-4-6-9(8)13/h3-6H,2,7H2,1H3,(H,14,15,18). The molecule has 2 rings (SSSR count). The molecule has 1 aromatic heterocycles. The summed E-state index contributed by atoms with van der Waals surface area (Å²) in [5.41, 5.74) is -0.280. The van der Waals surface area contributed by atoms with Gasteiger partial charge in [0.2, 0.25) is 5.82 Å². The summed E-state index contributed by atoms with van der Waals surface area (Å²) in [6, 6.07) is 6.04. The van der Waals surface area contributed by atoms with Crippen molar-refractivity contribution in [1.29, 1.82) is 0 Å². The van der Waals surface area contributed by atoms with Gasteiger partial charge in [0.05, 0.1) is 13.2 Å². The Morgan fingerprint density at radius 2 is 2.21 bits per heavy atom. The highest BCUT2D eigenvalue weighted by Gasteiger charge is 2.14. The molecule has 6 nitrogen and oxygen atoms in total. The summed E-state index contributed by atoms with van der Waals surface area (Å²) in [7, 11) is 0. The van der Waals surface area contributed by atoms with Crippen LogP contribution < -0.4 is 5.69 Å². The van der Waals surface area contributed by atoms with E-state index in [9.17, 15) is 14.0 Å². The van der Waals surface area contributed by atoms with Crippen molar-refractivity contribution in [2.24, 2.45) is 0 Å². The third-order valence-electron chi connectivity index (χ3n) is 2.43. The smallest absolute Gasteiger partial charge is 0.376 e. The minimum atomic E-state index is -0.716. The van der Waals surface area contributed by atoms with Crippen molar-refractivity contribution in [3.05, 3.63) is 52.0 Å². The number of aromatic nitrogens is 3. The Labute approximate surface area is 107 Å². The van der Waals surface area contributed by atoms with Crippen LogP contribution in [-0.4, -0.2) is 27.3 Å². The summed E-state index contributed by atoms with van der Waals surface area (Å²) in [5, 5.41) is 3.77. The summed E-state index contributed by atoms with van der Waals surface area (Å²) in [6.45, 7) is 1.77. The monoisotopic (exact) mass is 265 g/mol. The highest BCUT2D eigenvalue weighted by molar-refractivity contribution is 5.84. The van der Waals surface area contributed by atoms with Gasteiger partial charge in [-0.1, -0.05) is 18.2 Å². The average Bonchev–Trinajstić information content (AvgIpc) is 2.74. The predicted molar refractivity (Wildman–Crippen MR) is 64.3 cm³/mol. The summed E-state index contributed by atoms with van der Waals surface area (Å²) in [5.74, 6) is -1.34. The first-order chi connectivity index (χ1) is 9.11. The molecule has 0 aliphatic rings. The molecule has 0 fully saturated rings. The largest absolute Gasteiger partial charge is 0.460 e. The second kappa shape index (κ2) is 5.47. The van der Waals surface area contributed by atoms with E-state index in [1.165, 1.54) is 6.07 Å². The molecule has 0 saturated heterocycles. The summed E-state index contributed by atoms with van der Waals surface area (Å²) in [4.78, 5) is 25.2. The number of H-pyrrole nitrogens is 1. The zero-order chi connectivity index (χ0) is 13.8. The number of halogens is 1. The Hall–Kier alpha value is -2.44. The number of ether oxygens (including phenoxy) is 1. The Bertz CT molecular complexity index is 648. The number of nitrogens with zero attached hydrogens (tertiary/aromatic N) is 2. The van der Waals surface area contributed by atoms with E-state index in [1.807, 2.05) is 0 Å². The van der Waals surface area contributed by atoms with E-state index >= 15 is 0 Å². The zero-order valence-corrected chi connectivity index (χ0v) is 10.2. The van der Waals surface area contributed by atoms with Crippen molar-refractivity contribution in [1.82, 2.24) is 14.8 Å². The minimum absolute atomic E-state index is 0.0542. The van der Waals surface area contributed by atoms with E-state index in [-0.39, 0.29) is 19.0 Å². The molecule has 0 radical (unpaired) electrons. The van der Waals surface area contributed by atoms with Crippen LogP contribution in [0.15, 0.2) is 29.1 Å². The van der Waals surface area contributed by atoms with Gasteiger partial charge in [-0.3, -0.25) is 4.98 Å². The molecule has 2 aromatic rings. The van der Waals surface area contributed by atoms with Crippen molar-refractivity contribution in [2.45, 2.75) is 13.5 Å². The molecular formula is C12H12FN3O3. The lowest BCUT2D eigenvalue weighted by molar-refractivity contribution is 0.0511. The first-order valence-electron chi connectivity index (χ1n) is 5.69. The Morgan fingerprint density at radius 3 is 2.89 bits per heavy atom.